The summed E-state index contributed by atoms with van der Waals surface area (Å²) in [4.78, 5) is 23.4. The largest absolute Gasteiger partial charge is 0.354 e. The van der Waals surface area contributed by atoms with E-state index in [1.165, 1.54) is 12.3 Å². The lowest BCUT2D eigenvalue weighted by Gasteiger charge is -2.27. The summed E-state index contributed by atoms with van der Waals surface area (Å²) in [6.07, 6.45) is 5.55. The third-order valence-electron chi connectivity index (χ3n) is 4.68. The zero-order valence-corrected chi connectivity index (χ0v) is 15.2. The zero-order valence-electron chi connectivity index (χ0n) is 14.4. The second-order valence-electron chi connectivity index (χ2n) is 6.51. The fraction of sp³-hybridized carbons (Fsp3) is 0.444. The van der Waals surface area contributed by atoms with Gasteiger partial charge < -0.3 is 10.6 Å². The summed E-state index contributed by atoms with van der Waals surface area (Å²) in [7, 11) is -3.22. The van der Waals surface area contributed by atoms with Crippen LogP contribution in [0.25, 0.3) is 0 Å². The molecule has 0 aliphatic heterocycles. The molecule has 0 heterocycles. The van der Waals surface area contributed by atoms with Crippen molar-refractivity contribution in [3.05, 3.63) is 42.5 Å². The molecule has 0 spiro atoms. The van der Waals surface area contributed by atoms with Crippen LogP contribution in [0.1, 0.15) is 31.2 Å². The first-order valence-corrected chi connectivity index (χ1v) is 10.1. The first-order valence-electron chi connectivity index (χ1n) is 8.24. The maximum absolute atomic E-state index is 12.2. The van der Waals surface area contributed by atoms with E-state index in [0.717, 1.165) is 18.4 Å². The summed E-state index contributed by atoms with van der Waals surface area (Å²) >= 11 is 0. The van der Waals surface area contributed by atoms with Crippen LogP contribution in [0.15, 0.2) is 36.9 Å². The molecule has 6 nitrogen and oxygen atoms in total. The monoisotopic (exact) mass is 364 g/mol. The number of anilines is 1. The molecule has 2 rings (SSSR count). The highest BCUT2D eigenvalue weighted by molar-refractivity contribution is 7.92. The van der Waals surface area contributed by atoms with Crippen LogP contribution in [0.3, 0.4) is 0 Å². The molecule has 0 unspecified atom stereocenters. The Morgan fingerprint density at radius 1 is 1.20 bits per heavy atom. The van der Waals surface area contributed by atoms with E-state index in [9.17, 15) is 18.0 Å². The van der Waals surface area contributed by atoms with Crippen LogP contribution >= 0.6 is 0 Å². The van der Waals surface area contributed by atoms with Gasteiger partial charge in [0.1, 0.15) is 0 Å². The number of amides is 2. The lowest BCUT2D eigenvalue weighted by Crippen LogP contribution is -2.46. The first-order chi connectivity index (χ1) is 11.8. The summed E-state index contributed by atoms with van der Waals surface area (Å²) < 4.78 is 23.3. The Kier molecular flexibility index (Phi) is 6.00. The van der Waals surface area contributed by atoms with Gasteiger partial charge in [0.2, 0.25) is 11.8 Å². The quantitative estimate of drug-likeness (QED) is 0.722. The Balaban J connectivity index is 1.92. The van der Waals surface area contributed by atoms with E-state index >= 15 is 0 Å². The summed E-state index contributed by atoms with van der Waals surface area (Å²) in [5, 5.41) is 5.41. The maximum Gasteiger partial charge on any atom is 0.247 e. The highest BCUT2D eigenvalue weighted by Crippen LogP contribution is 2.35. The third kappa shape index (κ3) is 4.92. The van der Waals surface area contributed by atoms with Crippen molar-refractivity contribution in [2.45, 2.75) is 36.9 Å². The molecule has 0 aromatic heterocycles. The molecule has 0 saturated heterocycles. The number of hydrogen-bond acceptors (Lipinski definition) is 4. The van der Waals surface area contributed by atoms with E-state index in [1.807, 2.05) is 0 Å². The molecule has 0 atom stereocenters. The molecule has 0 bridgehead atoms. The molecule has 1 aromatic rings. The SMILES string of the molecule is C=CC(=O)Nc1ccc(CC(=O)NCC2(S(C)(=O)=O)CCCC2)cc1. The summed E-state index contributed by atoms with van der Waals surface area (Å²) in [5.74, 6) is -0.508. The number of sulfone groups is 1. The van der Waals surface area contributed by atoms with Gasteiger partial charge in [-0.3, -0.25) is 9.59 Å². The van der Waals surface area contributed by atoms with Gasteiger partial charge in [-0.15, -0.1) is 0 Å². The Bertz CT molecular complexity index is 748. The fourth-order valence-electron chi connectivity index (χ4n) is 3.10. The number of carbonyl (C=O) groups is 2. The van der Waals surface area contributed by atoms with Crippen molar-refractivity contribution in [2.24, 2.45) is 0 Å². The van der Waals surface area contributed by atoms with Gasteiger partial charge in [-0.2, -0.15) is 0 Å². The summed E-state index contributed by atoms with van der Waals surface area (Å²) in [6, 6.07) is 6.92. The van der Waals surface area contributed by atoms with Gasteiger partial charge in [0.05, 0.1) is 11.2 Å². The zero-order chi connectivity index (χ0) is 18.5. The molecule has 1 saturated carbocycles. The van der Waals surface area contributed by atoms with Gasteiger partial charge >= 0.3 is 0 Å². The van der Waals surface area contributed by atoms with Crippen molar-refractivity contribution in [1.82, 2.24) is 5.32 Å². The van der Waals surface area contributed by atoms with Gasteiger partial charge in [0.25, 0.3) is 0 Å². The number of hydrogen-bond donors (Lipinski definition) is 2. The highest BCUT2D eigenvalue weighted by Gasteiger charge is 2.43. The Labute approximate surface area is 148 Å². The van der Waals surface area contributed by atoms with Gasteiger partial charge in [0.15, 0.2) is 9.84 Å². The van der Waals surface area contributed by atoms with Crippen molar-refractivity contribution in [1.29, 1.82) is 0 Å². The minimum Gasteiger partial charge on any atom is -0.354 e. The smallest absolute Gasteiger partial charge is 0.247 e. The van der Waals surface area contributed by atoms with E-state index in [-0.39, 0.29) is 24.8 Å². The molecule has 2 N–H and O–H groups in total. The first kappa shape index (κ1) is 19.2. The van der Waals surface area contributed by atoms with Crippen LogP contribution in [-0.2, 0) is 25.8 Å². The van der Waals surface area contributed by atoms with Crippen LogP contribution in [0.2, 0.25) is 0 Å². The van der Waals surface area contributed by atoms with E-state index in [1.54, 1.807) is 24.3 Å². The normalized spacial score (nSPS) is 16.2. The van der Waals surface area contributed by atoms with E-state index < -0.39 is 14.6 Å². The Hall–Kier alpha value is -2.15. The topological polar surface area (TPSA) is 92.3 Å². The van der Waals surface area contributed by atoms with Crippen LogP contribution in [0.4, 0.5) is 5.69 Å². The standard InChI is InChI=1S/C18H24N2O4S/c1-3-16(21)20-15-8-6-14(7-9-15)12-17(22)19-13-18(25(2,23)24)10-4-5-11-18/h3,6-9H,1,4-5,10-13H2,2H3,(H,19,22)(H,20,21). The minimum absolute atomic E-state index is 0.162. The second-order valence-corrected chi connectivity index (χ2v) is 8.92. The van der Waals surface area contributed by atoms with E-state index in [0.29, 0.717) is 18.5 Å². The van der Waals surface area contributed by atoms with Gasteiger partial charge in [-0.05, 0) is 36.6 Å². The molecular weight excluding hydrogens is 340 g/mol. The molecule has 1 fully saturated rings. The molecule has 136 valence electrons. The lowest BCUT2D eigenvalue weighted by molar-refractivity contribution is -0.120. The van der Waals surface area contributed by atoms with Crippen molar-refractivity contribution >= 4 is 27.3 Å². The van der Waals surface area contributed by atoms with Crippen LogP contribution < -0.4 is 10.6 Å². The molecule has 1 aliphatic rings. The molecule has 1 aliphatic carbocycles. The van der Waals surface area contributed by atoms with Crippen LogP contribution in [0, 0.1) is 0 Å². The molecule has 0 radical (unpaired) electrons. The van der Waals surface area contributed by atoms with Gasteiger partial charge in [0, 0.05) is 18.5 Å². The minimum atomic E-state index is -3.22. The molecule has 2 amide bonds. The van der Waals surface area contributed by atoms with Crippen molar-refractivity contribution in [2.75, 3.05) is 18.1 Å². The average molecular weight is 364 g/mol. The number of carbonyl (C=O) groups excluding carboxylic acids is 2. The molecule has 7 heteroatoms. The van der Waals surface area contributed by atoms with Crippen molar-refractivity contribution in [3.63, 3.8) is 0 Å². The average Bonchev–Trinajstić information content (AvgIpc) is 3.05. The fourth-order valence-corrected chi connectivity index (χ4v) is 4.47. The van der Waals surface area contributed by atoms with Crippen molar-refractivity contribution in [3.8, 4) is 0 Å². The molecular formula is C18H24N2O4S. The van der Waals surface area contributed by atoms with Gasteiger partial charge in [-0.1, -0.05) is 31.6 Å². The summed E-state index contributed by atoms with van der Waals surface area (Å²) in [6.45, 7) is 3.55. The van der Waals surface area contributed by atoms with Crippen molar-refractivity contribution < 1.29 is 18.0 Å². The predicted molar refractivity (Wildman–Crippen MR) is 98.0 cm³/mol. The highest BCUT2D eigenvalue weighted by atomic mass is 32.2. The van der Waals surface area contributed by atoms with E-state index in [2.05, 4.69) is 17.2 Å². The third-order valence-corrected chi connectivity index (χ3v) is 6.81. The lowest BCUT2D eigenvalue weighted by atomic mass is 10.1. The number of benzene rings is 1. The second kappa shape index (κ2) is 7.82. The predicted octanol–water partition coefficient (Wildman–Crippen LogP) is 1.83. The van der Waals surface area contributed by atoms with Crippen LogP contribution in [-0.4, -0.2) is 37.8 Å². The Morgan fingerprint density at radius 2 is 1.80 bits per heavy atom. The maximum atomic E-state index is 12.2. The van der Waals surface area contributed by atoms with Crippen LogP contribution in [0.5, 0.6) is 0 Å². The van der Waals surface area contributed by atoms with Gasteiger partial charge in [-0.25, -0.2) is 8.42 Å². The summed E-state index contributed by atoms with van der Waals surface area (Å²) in [5.41, 5.74) is 1.41. The number of rotatable bonds is 7. The number of nitrogens with one attached hydrogen (secondary N) is 2. The Morgan fingerprint density at radius 3 is 2.32 bits per heavy atom. The molecule has 1 aromatic carbocycles. The molecule has 25 heavy (non-hydrogen) atoms. The van der Waals surface area contributed by atoms with E-state index in [4.69, 9.17) is 0 Å².